The second-order valence-electron chi connectivity index (χ2n) is 4.97. The van der Waals surface area contributed by atoms with Crippen molar-refractivity contribution in [1.29, 1.82) is 0 Å². The topological polar surface area (TPSA) is 21.3 Å². The number of rotatable bonds is 4. The molecule has 0 spiro atoms. The van der Waals surface area contributed by atoms with Crippen LogP contribution in [0.3, 0.4) is 0 Å². The van der Waals surface area contributed by atoms with Crippen molar-refractivity contribution in [1.82, 2.24) is 5.32 Å². The van der Waals surface area contributed by atoms with Crippen LogP contribution >= 0.6 is 0 Å². The van der Waals surface area contributed by atoms with E-state index in [1.807, 2.05) is 0 Å². The van der Waals surface area contributed by atoms with Crippen LogP contribution in [0.4, 0.5) is 0 Å². The van der Waals surface area contributed by atoms with Gasteiger partial charge < -0.3 is 10.1 Å². The van der Waals surface area contributed by atoms with Crippen LogP contribution in [-0.4, -0.2) is 25.3 Å². The molecule has 2 bridgehead atoms. The summed E-state index contributed by atoms with van der Waals surface area (Å²) in [4.78, 5) is 0. The molecule has 0 aromatic rings. The SMILES string of the molecule is CCC(C)C(NC)C1CC2CCC1O2. The van der Waals surface area contributed by atoms with Crippen LogP contribution in [0.1, 0.15) is 39.5 Å². The lowest BCUT2D eigenvalue weighted by atomic mass is 9.78. The fraction of sp³-hybridized carbons (Fsp3) is 1.00. The summed E-state index contributed by atoms with van der Waals surface area (Å²) >= 11 is 0. The van der Waals surface area contributed by atoms with E-state index < -0.39 is 0 Å². The molecule has 2 rings (SSSR count). The van der Waals surface area contributed by atoms with Crippen molar-refractivity contribution in [3.63, 3.8) is 0 Å². The zero-order valence-electron chi connectivity index (χ0n) is 9.62. The fourth-order valence-corrected chi connectivity index (χ4v) is 3.23. The van der Waals surface area contributed by atoms with E-state index in [0.29, 0.717) is 18.2 Å². The van der Waals surface area contributed by atoms with Crippen molar-refractivity contribution in [2.45, 2.75) is 57.8 Å². The van der Waals surface area contributed by atoms with Crippen LogP contribution < -0.4 is 5.32 Å². The minimum Gasteiger partial charge on any atom is -0.375 e. The van der Waals surface area contributed by atoms with Crippen molar-refractivity contribution < 1.29 is 4.74 Å². The molecule has 0 aromatic heterocycles. The highest BCUT2D eigenvalue weighted by Gasteiger charge is 2.44. The number of hydrogen-bond donors (Lipinski definition) is 1. The molecule has 2 aliphatic rings. The van der Waals surface area contributed by atoms with Gasteiger partial charge in [-0.05, 0) is 32.2 Å². The van der Waals surface area contributed by atoms with Gasteiger partial charge in [-0.3, -0.25) is 0 Å². The first-order chi connectivity index (χ1) is 6.76. The first-order valence-corrected chi connectivity index (χ1v) is 6.09. The molecule has 0 amide bonds. The molecule has 1 N–H and O–H groups in total. The Morgan fingerprint density at radius 1 is 1.43 bits per heavy atom. The zero-order valence-corrected chi connectivity index (χ0v) is 9.62. The number of nitrogens with one attached hydrogen (secondary N) is 1. The predicted molar refractivity (Wildman–Crippen MR) is 58.3 cm³/mol. The molecule has 5 atom stereocenters. The number of ether oxygens (including phenoxy) is 1. The summed E-state index contributed by atoms with van der Waals surface area (Å²) in [6.45, 7) is 4.64. The van der Waals surface area contributed by atoms with Gasteiger partial charge in [0.1, 0.15) is 0 Å². The third-order valence-electron chi connectivity index (χ3n) is 4.20. The number of fused-ring (bicyclic) bond motifs is 2. The Morgan fingerprint density at radius 2 is 2.21 bits per heavy atom. The normalized spacial score (nSPS) is 40.1. The quantitative estimate of drug-likeness (QED) is 0.746. The largest absolute Gasteiger partial charge is 0.375 e. The molecule has 2 heterocycles. The van der Waals surface area contributed by atoms with Crippen molar-refractivity contribution in [3.05, 3.63) is 0 Å². The maximum Gasteiger partial charge on any atom is 0.0623 e. The molecular weight excluding hydrogens is 174 g/mol. The third kappa shape index (κ3) is 1.70. The van der Waals surface area contributed by atoms with E-state index in [2.05, 4.69) is 26.2 Å². The molecule has 5 unspecified atom stereocenters. The van der Waals surface area contributed by atoms with Gasteiger partial charge in [0, 0.05) is 12.0 Å². The van der Waals surface area contributed by atoms with Crippen molar-refractivity contribution in [2.75, 3.05) is 7.05 Å². The second-order valence-corrected chi connectivity index (χ2v) is 4.97. The lowest BCUT2D eigenvalue weighted by Crippen LogP contribution is -2.43. The molecule has 2 aliphatic heterocycles. The van der Waals surface area contributed by atoms with E-state index in [-0.39, 0.29) is 0 Å². The lowest BCUT2D eigenvalue weighted by molar-refractivity contribution is 0.0810. The van der Waals surface area contributed by atoms with Gasteiger partial charge in [-0.25, -0.2) is 0 Å². The Morgan fingerprint density at radius 3 is 2.64 bits per heavy atom. The van der Waals surface area contributed by atoms with Gasteiger partial charge in [0.15, 0.2) is 0 Å². The molecule has 0 aliphatic carbocycles. The molecule has 2 saturated heterocycles. The Bertz CT molecular complexity index is 195. The molecule has 82 valence electrons. The average Bonchev–Trinajstić information content (AvgIpc) is 2.80. The summed E-state index contributed by atoms with van der Waals surface area (Å²) in [5.41, 5.74) is 0. The molecule has 14 heavy (non-hydrogen) atoms. The average molecular weight is 197 g/mol. The van der Waals surface area contributed by atoms with E-state index in [1.165, 1.54) is 25.7 Å². The Kier molecular flexibility index (Phi) is 3.13. The van der Waals surface area contributed by atoms with Crippen LogP contribution in [0.2, 0.25) is 0 Å². The summed E-state index contributed by atoms with van der Waals surface area (Å²) in [5, 5.41) is 3.50. The van der Waals surface area contributed by atoms with Gasteiger partial charge in [0.05, 0.1) is 12.2 Å². The summed E-state index contributed by atoms with van der Waals surface area (Å²) in [7, 11) is 2.10. The zero-order chi connectivity index (χ0) is 10.1. The standard InChI is InChI=1S/C12H23NO/c1-4-8(2)12(13-3)10-7-9-5-6-11(10)14-9/h8-13H,4-7H2,1-3H3. The highest BCUT2D eigenvalue weighted by molar-refractivity contribution is 4.96. The van der Waals surface area contributed by atoms with Crippen LogP contribution in [0, 0.1) is 11.8 Å². The molecule has 2 nitrogen and oxygen atoms in total. The molecule has 2 heteroatoms. The maximum absolute atomic E-state index is 5.92. The Balaban J connectivity index is 1.98. The van der Waals surface area contributed by atoms with Crippen LogP contribution in [0.15, 0.2) is 0 Å². The molecule has 2 fully saturated rings. The number of hydrogen-bond acceptors (Lipinski definition) is 2. The minimum absolute atomic E-state index is 0.562. The van der Waals surface area contributed by atoms with E-state index in [1.54, 1.807) is 0 Å². The van der Waals surface area contributed by atoms with E-state index in [4.69, 9.17) is 4.74 Å². The smallest absolute Gasteiger partial charge is 0.0623 e. The molecular formula is C12H23NO. The maximum atomic E-state index is 5.92. The van der Waals surface area contributed by atoms with Gasteiger partial charge in [0.25, 0.3) is 0 Å². The van der Waals surface area contributed by atoms with Gasteiger partial charge in [-0.1, -0.05) is 20.3 Å². The van der Waals surface area contributed by atoms with Gasteiger partial charge in [-0.2, -0.15) is 0 Å². The summed E-state index contributed by atoms with van der Waals surface area (Å²) < 4.78 is 5.92. The Labute approximate surface area is 87.4 Å². The first-order valence-electron chi connectivity index (χ1n) is 6.09. The van der Waals surface area contributed by atoms with Gasteiger partial charge in [-0.15, -0.1) is 0 Å². The highest BCUT2D eigenvalue weighted by Crippen LogP contribution is 2.41. The summed E-state index contributed by atoms with van der Waals surface area (Å²) in [6, 6.07) is 0.662. The van der Waals surface area contributed by atoms with Crippen molar-refractivity contribution >= 4 is 0 Å². The Hall–Kier alpha value is -0.0800. The van der Waals surface area contributed by atoms with Crippen LogP contribution in [0.5, 0.6) is 0 Å². The third-order valence-corrected chi connectivity index (χ3v) is 4.20. The van der Waals surface area contributed by atoms with Crippen molar-refractivity contribution in [2.24, 2.45) is 11.8 Å². The predicted octanol–water partition coefficient (Wildman–Crippen LogP) is 2.19. The van der Waals surface area contributed by atoms with E-state index >= 15 is 0 Å². The van der Waals surface area contributed by atoms with Crippen LogP contribution in [-0.2, 0) is 4.74 Å². The van der Waals surface area contributed by atoms with Crippen LogP contribution in [0.25, 0.3) is 0 Å². The lowest BCUT2D eigenvalue weighted by Gasteiger charge is -2.32. The molecule has 0 saturated carbocycles. The minimum atomic E-state index is 0.562. The highest BCUT2D eigenvalue weighted by atomic mass is 16.5. The fourth-order valence-electron chi connectivity index (χ4n) is 3.23. The monoisotopic (exact) mass is 197 g/mol. The molecule has 0 radical (unpaired) electrons. The van der Waals surface area contributed by atoms with Crippen molar-refractivity contribution in [3.8, 4) is 0 Å². The summed E-state index contributed by atoms with van der Waals surface area (Å²) in [6.07, 6.45) is 6.30. The van der Waals surface area contributed by atoms with E-state index in [0.717, 1.165) is 11.8 Å². The molecule has 0 aromatic carbocycles. The van der Waals surface area contributed by atoms with E-state index in [9.17, 15) is 0 Å². The summed E-state index contributed by atoms with van der Waals surface area (Å²) in [5.74, 6) is 1.54. The van der Waals surface area contributed by atoms with Gasteiger partial charge >= 0.3 is 0 Å². The van der Waals surface area contributed by atoms with Gasteiger partial charge in [0.2, 0.25) is 0 Å². The first kappa shape index (κ1) is 10.4. The second kappa shape index (κ2) is 4.19.